The van der Waals surface area contributed by atoms with Crippen LogP contribution in [-0.2, 0) is 19.2 Å². The van der Waals surface area contributed by atoms with Gasteiger partial charge in [0, 0.05) is 0 Å². The fourth-order valence-corrected chi connectivity index (χ4v) is 6.66. The molecule has 0 aromatic heterocycles. The zero-order valence-electron chi connectivity index (χ0n) is 22.5. The van der Waals surface area contributed by atoms with Gasteiger partial charge in [-0.25, -0.2) is 0 Å². The van der Waals surface area contributed by atoms with Gasteiger partial charge in [0.05, 0.1) is 42.3 Å². The average molecular weight is 557 g/mol. The Morgan fingerprint density at radius 2 is 1.25 bits per heavy atom. The zero-order valence-corrected chi connectivity index (χ0v) is 22.5. The number of aliphatic carboxylic acids is 1. The predicted octanol–water partition coefficient (Wildman–Crippen LogP) is 2.08. The van der Waals surface area contributed by atoms with E-state index in [-0.39, 0.29) is 17.6 Å². The molecule has 5 rings (SSSR count). The van der Waals surface area contributed by atoms with E-state index in [0.29, 0.717) is 13.1 Å². The van der Waals surface area contributed by atoms with Crippen molar-refractivity contribution in [3.63, 3.8) is 0 Å². The molecule has 2 amide bonds. The number of nitrogens with zero attached hydrogens (tertiary/aromatic N) is 1. The van der Waals surface area contributed by atoms with Crippen LogP contribution in [0.15, 0.2) is 60.7 Å². The fourth-order valence-electron chi connectivity index (χ4n) is 6.66. The molecule has 1 saturated heterocycles. The molecule has 4 atom stereocenters. The van der Waals surface area contributed by atoms with E-state index >= 15 is 0 Å². The molecular weight excluding hydrogens is 525 g/mol. The Balaban J connectivity index is 0.000000470. The number of ketones is 1. The molecule has 2 fully saturated rings. The summed E-state index contributed by atoms with van der Waals surface area (Å²) in [6, 6.07) is 19.8. The van der Waals surface area contributed by atoms with Gasteiger partial charge in [0.15, 0.2) is 5.78 Å². The van der Waals surface area contributed by atoms with Crippen LogP contribution in [0.5, 0.6) is 0 Å². The number of hydrogen-bond donors (Lipinski definition) is 1. The molecule has 2 N–H and O–H groups in total. The summed E-state index contributed by atoms with van der Waals surface area (Å²) in [5.74, 6) is -4.66. The van der Waals surface area contributed by atoms with Crippen molar-refractivity contribution in [2.45, 2.75) is 33.4 Å². The first-order valence-corrected chi connectivity index (χ1v) is 13.2. The molecule has 2 bridgehead atoms. The number of carboxylic acid groups (broad SMARTS) is 1. The van der Waals surface area contributed by atoms with Gasteiger partial charge in [0.2, 0.25) is 11.8 Å². The third-order valence-corrected chi connectivity index (χ3v) is 8.28. The second kappa shape index (κ2) is 10.6. The molecule has 7 nitrogen and oxygen atoms in total. The molecule has 2 aromatic carbocycles. The molecule has 2 aliphatic carbocycles. The number of benzene rings is 2. The highest BCUT2D eigenvalue weighted by Crippen LogP contribution is 2.73. The normalized spacial score (nSPS) is 27.1. The zero-order chi connectivity index (χ0) is 29.5. The van der Waals surface area contributed by atoms with Crippen LogP contribution < -0.4 is 10.4 Å². The summed E-state index contributed by atoms with van der Waals surface area (Å²) in [6.07, 6.45) is -4.15. The number of nitrogens with two attached hydrogens (primary N) is 1. The molecule has 0 radical (unpaired) electrons. The highest BCUT2D eigenvalue weighted by Gasteiger charge is 2.78. The van der Waals surface area contributed by atoms with Crippen molar-refractivity contribution in [2.75, 3.05) is 19.6 Å². The van der Waals surface area contributed by atoms with E-state index in [0.717, 1.165) is 35.2 Å². The lowest BCUT2D eigenvalue weighted by atomic mass is 9.63. The van der Waals surface area contributed by atoms with Crippen LogP contribution in [-0.4, -0.2) is 54.3 Å². The van der Waals surface area contributed by atoms with Gasteiger partial charge in [0.1, 0.15) is 5.97 Å². The number of fused-ring (bicyclic) bond motifs is 5. The molecule has 2 aromatic rings. The Hall–Kier alpha value is -3.79. The molecule has 10 heteroatoms. The quantitative estimate of drug-likeness (QED) is 0.415. The van der Waals surface area contributed by atoms with E-state index < -0.39 is 34.8 Å². The molecule has 1 heterocycles. The lowest BCUT2D eigenvalue weighted by Crippen LogP contribution is -2.85. The molecule has 0 spiro atoms. The van der Waals surface area contributed by atoms with Crippen molar-refractivity contribution in [1.29, 1.82) is 0 Å². The molecule has 3 aliphatic rings. The Labute approximate surface area is 230 Å². The third-order valence-electron chi connectivity index (χ3n) is 8.28. The second-order valence-electron chi connectivity index (χ2n) is 10.7. The number of hydrogen-bond acceptors (Lipinski definition) is 5. The number of allylic oxidation sites excluding steroid dienone is 2. The number of quaternary nitrogens is 1. The van der Waals surface area contributed by atoms with Crippen molar-refractivity contribution >= 4 is 34.7 Å². The molecule has 1 aliphatic heterocycles. The summed E-state index contributed by atoms with van der Waals surface area (Å²) >= 11 is 0. The van der Waals surface area contributed by atoms with Gasteiger partial charge in [-0.3, -0.25) is 19.3 Å². The van der Waals surface area contributed by atoms with Gasteiger partial charge in [0.25, 0.3) is 0 Å². The van der Waals surface area contributed by atoms with Crippen molar-refractivity contribution in [1.82, 2.24) is 4.90 Å². The minimum absolute atomic E-state index is 0.00148. The van der Waals surface area contributed by atoms with Gasteiger partial charge in [-0.05, 0) is 42.5 Å². The minimum Gasteiger partial charge on any atom is -0.542 e. The van der Waals surface area contributed by atoms with Gasteiger partial charge < -0.3 is 15.2 Å². The lowest BCUT2D eigenvalue weighted by molar-refractivity contribution is -0.653. The number of carbonyl (C=O) groups excluding carboxylic acids is 4. The van der Waals surface area contributed by atoms with Gasteiger partial charge in [-0.1, -0.05) is 67.6 Å². The maximum atomic E-state index is 14.1. The largest absolute Gasteiger partial charge is 0.542 e. The first-order valence-electron chi connectivity index (χ1n) is 13.2. The molecule has 1 saturated carbocycles. The van der Waals surface area contributed by atoms with Crippen LogP contribution in [0.3, 0.4) is 0 Å². The average Bonchev–Trinajstić information content (AvgIpc) is 3.36. The summed E-state index contributed by atoms with van der Waals surface area (Å²) in [5, 5.41) is 10.9. The SMILES string of the molecule is CCC[NH2+]CCN1C(=O)C2C(C1=O)C1(C)C(=O)C2(C)C(c2ccccc2)=C1c1ccccc1.O=C([O-])C(F)(F)F. The number of amides is 2. The predicted molar refractivity (Wildman–Crippen MR) is 138 cm³/mol. The van der Waals surface area contributed by atoms with Crippen LogP contribution in [0, 0.1) is 22.7 Å². The summed E-state index contributed by atoms with van der Waals surface area (Å²) in [5.41, 5.74) is 1.65. The van der Waals surface area contributed by atoms with Gasteiger partial charge in [-0.2, -0.15) is 13.2 Å². The topological polar surface area (TPSA) is 111 Å². The van der Waals surface area contributed by atoms with Crippen LogP contribution in [0.1, 0.15) is 38.3 Å². The van der Waals surface area contributed by atoms with E-state index in [4.69, 9.17) is 9.90 Å². The van der Waals surface area contributed by atoms with E-state index in [9.17, 15) is 27.6 Å². The number of likely N-dealkylation sites (tertiary alicyclic amines) is 1. The number of Topliss-reactive ketones (excluding diaryl/α,β-unsaturated/α-hetero) is 1. The number of alkyl halides is 3. The smallest absolute Gasteiger partial charge is 0.430 e. The monoisotopic (exact) mass is 556 g/mol. The third kappa shape index (κ3) is 4.44. The number of carboxylic acids is 1. The standard InChI is InChI=1S/C28H30N2O3.C2HF3O2/c1-4-15-29-16-17-30-24(31)22-23(25(30)32)28(3)21(19-13-9-6-10-14-19)20(27(22,2)26(28)33)18-11-7-5-8-12-18;3-2(4,5)1(6)7/h5-14,22-23,29H,4,15-17H2,1-3H3;(H,6,7). The highest BCUT2D eigenvalue weighted by molar-refractivity contribution is 6.29. The summed E-state index contributed by atoms with van der Waals surface area (Å²) < 4.78 is 31.5. The van der Waals surface area contributed by atoms with Crippen molar-refractivity contribution in [3.8, 4) is 0 Å². The van der Waals surface area contributed by atoms with Crippen LogP contribution >= 0.6 is 0 Å². The van der Waals surface area contributed by atoms with E-state index in [1.54, 1.807) is 0 Å². The van der Waals surface area contributed by atoms with Crippen LogP contribution in [0.25, 0.3) is 11.1 Å². The highest BCUT2D eigenvalue weighted by atomic mass is 19.4. The molecule has 4 unspecified atom stereocenters. The Kier molecular flexibility index (Phi) is 7.77. The summed E-state index contributed by atoms with van der Waals surface area (Å²) in [7, 11) is 0. The van der Waals surface area contributed by atoms with Crippen LogP contribution in [0.4, 0.5) is 13.2 Å². The maximum absolute atomic E-state index is 14.1. The Morgan fingerprint density at radius 1 is 0.850 bits per heavy atom. The number of halogens is 3. The maximum Gasteiger partial charge on any atom is 0.430 e. The number of imide groups is 1. The number of carbonyl (C=O) groups is 4. The molecule has 212 valence electrons. The van der Waals surface area contributed by atoms with Crippen molar-refractivity contribution < 1.29 is 42.8 Å². The summed E-state index contributed by atoms with van der Waals surface area (Å²) in [4.78, 5) is 51.7. The first kappa shape index (κ1) is 29.2. The van der Waals surface area contributed by atoms with Crippen molar-refractivity contribution in [3.05, 3.63) is 71.8 Å². The van der Waals surface area contributed by atoms with E-state index in [2.05, 4.69) is 12.2 Å². The first-order chi connectivity index (χ1) is 18.8. The van der Waals surface area contributed by atoms with Gasteiger partial charge >= 0.3 is 6.18 Å². The molecule has 40 heavy (non-hydrogen) atoms. The Morgan fingerprint density at radius 3 is 1.60 bits per heavy atom. The lowest BCUT2D eigenvalue weighted by Gasteiger charge is -2.35. The van der Waals surface area contributed by atoms with Crippen LogP contribution in [0.2, 0.25) is 0 Å². The second-order valence-corrected chi connectivity index (χ2v) is 10.7. The van der Waals surface area contributed by atoms with E-state index in [1.807, 2.05) is 74.5 Å². The van der Waals surface area contributed by atoms with E-state index in [1.165, 1.54) is 4.90 Å². The van der Waals surface area contributed by atoms with Gasteiger partial charge in [-0.15, -0.1) is 0 Å². The minimum atomic E-state index is -5.19. The van der Waals surface area contributed by atoms with Crippen molar-refractivity contribution in [2.24, 2.45) is 22.7 Å². The molecular formula is C30H31F3N2O5. The Bertz CT molecular complexity index is 1270. The fraction of sp³-hybridized carbons (Fsp3) is 0.400. The summed E-state index contributed by atoms with van der Waals surface area (Å²) in [6.45, 7) is 7.96. The number of rotatable bonds is 7.